The van der Waals surface area contributed by atoms with Crippen LogP contribution in [-0.2, 0) is 13.1 Å². The van der Waals surface area contributed by atoms with Crippen LogP contribution >= 0.6 is 0 Å². The number of rotatable bonds is 5. The molecular weight excluding hydrogens is 355 g/mol. The van der Waals surface area contributed by atoms with Crippen molar-refractivity contribution in [3.05, 3.63) is 95.2 Å². The average molecular weight is 374 g/mol. The van der Waals surface area contributed by atoms with E-state index in [1.807, 2.05) is 41.8 Å². The molecule has 0 unspecified atom stereocenters. The van der Waals surface area contributed by atoms with E-state index in [0.717, 1.165) is 22.3 Å². The third-order valence-corrected chi connectivity index (χ3v) is 4.52. The summed E-state index contributed by atoms with van der Waals surface area (Å²) >= 11 is 0. The maximum Gasteiger partial charge on any atom is 0.251 e. The van der Waals surface area contributed by atoms with Crippen LogP contribution in [0.2, 0.25) is 0 Å². The van der Waals surface area contributed by atoms with E-state index in [4.69, 9.17) is 0 Å². The number of halogens is 1. The molecule has 4 aromatic rings. The van der Waals surface area contributed by atoms with Gasteiger partial charge in [0, 0.05) is 11.8 Å². The summed E-state index contributed by atoms with van der Waals surface area (Å²) in [6, 6.07) is 17.5. The average Bonchev–Trinajstić information content (AvgIpc) is 3.05. The van der Waals surface area contributed by atoms with Crippen LogP contribution in [0.25, 0.3) is 11.2 Å². The normalized spacial score (nSPS) is 10.9. The largest absolute Gasteiger partial charge is 0.345 e. The Balaban J connectivity index is 1.61. The molecule has 0 aliphatic rings. The molecule has 4 rings (SSSR count). The number of aryl methyl sites for hydroxylation is 1. The van der Waals surface area contributed by atoms with E-state index >= 15 is 0 Å². The standard InChI is InChI=1S/C22H19FN4O/c1-15-4-2-5-17(12-15)22(28)25-13-20-26-19-6-3-11-24-21(19)27(20)14-16-7-9-18(23)10-8-16/h2-12H,13-14H2,1H3,(H,25,28). The first-order valence-corrected chi connectivity index (χ1v) is 8.99. The number of nitrogens with zero attached hydrogens (tertiary/aromatic N) is 3. The Morgan fingerprint density at radius 3 is 2.71 bits per heavy atom. The molecule has 6 heteroatoms. The fourth-order valence-electron chi connectivity index (χ4n) is 3.13. The van der Waals surface area contributed by atoms with E-state index in [0.29, 0.717) is 17.9 Å². The minimum atomic E-state index is -0.275. The van der Waals surface area contributed by atoms with Crippen molar-refractivity contribution in [1.29, 1.82) is 0 Å². The van der Waals surface area contributed by atoms with Crippen LogP contribution in [0, 0.1) is 12.7 Å². The number of pyridine rings is 1. The zero-order valence-corrected chi connectivity index (χ0v) is 15.4. The van der Waals surface area contributed by atoms with Gasteiger partial charge in [-0.05, 0) is 48.9 Å². The van der Waals surface area contributed by atoms with Gasteiger partial charge in [0.25, 0.3) is 5.91 Å². The van der Waals surface area contributed by atoms with Crippen LogP contribution in [0.4, 0.5) is 4.39 Å². The van der Waals surface area contributed by atoms with E-state index in [1.54, 1.807) is 24.4 Å². The van der Waals surface area contributed by atoms with Gasteiger partial charge in [0.15, 0.2) is 5.65 Å². The Morgan fingerprint density at radius 1 is 1.11 bits per heavy atom. The summed E-state index contributed by atoms with van der Waals surface area (Å²) in [7, 11) is 0. The van der Waals surface area contributed by atoms with Crippen molar-refractivity contribution in [1.82, 2.24) is 19.9 Å². The highest BCUT2D eigenvalue weighted by molar-refractivity contribution is 5.94. The Morgan fingerprint density at radius 2 is 1.93 bits per heavy atom. The summed E-state index contributed by atoms with van der Waals surface area (Å²) in [5.41, 5.74) is 4.05. The smallest absolute Gasteiger partial charge is 0.251 e. The number of benzene rings is 2. The second-order valence-corrected chi connectivity index (χ2v) is 6.64. The van der Waals surface area contributed by atoms with E-state index in [-0.39, 0.29) is 18.3 Å². The molecule has 2 aromatic carbocycles. The minimum absolute atomic E-state index is 0.156. The molecule has 0 saturated heterocycles. The Bertz CT molecular complexity index is 1130. The number of aromatic nitrogens is 3. The number of carbonyl (C=O) groups is 1. The summed E-state index contributed by atoms with van der Waals surface area (Å²) in [6.45, 7) is 2.71. The van der Waals surface area contributed by atoms with Crippen LogP contribution < -0.4 is 5.32 Å². The van der Waals surface area contributed by atoms with Crippen molar-refractivity contribution in [2.45, 2.75) is 20.0 Å². The first-order chi connectivity index (χ1) is 13.6. The summed E-state index contributed by atoms with van der Waals surface area (Å²) in [6.07, 6.45) is 1.71. The lowest BCUT2D eigenvalue weighted by molar-refractivity contribution is 0.0949. The number of fused-ring (bicyclic) bond motifs is 1. The van der Waals surface area contributed by atoms with Gasteiger partial charge in [-0.2, -0.15) is 0 Å². The monoisotopic (exact) mass is 374 g/mol. The van der Waals surface area contributed by atoms with Crippen LogP contribution in [0.5, 0.6) is 0 Å². The Hall–Kier alpha value is -3.54. The van der Waals surface area contributed by atoms with Gasteiger partial charge >= 0.3 is 0 Å². The number of imidazole rings is 1. The van der Waals surface area contributed by atoms with Crippen LogP contribution in [0.1, 0.15) is 27.3 Å². The number of hydrogen-bond acceptors (Lipinski definition) is 3. The summed E-state index contributed by atoms with van der Waals surface area (Å²) < 4.78 is 15.2. The molecule has 140 valence electrons. The fraction of sp³-hybridized carbons (Fsp3) is 0.136. The molecule has 2 aromatic heterocycles. The lowest BCUT2D eigenvalue weighted by Gasteiger charge is -2.10. The molecule has 0 atom stereocenters. The highest BCUT2D eigenvalue weighted by atomic mass is 19.1. The number of nitrogens with one attached hydrogen (secondary N) is 1. The van der Waals surface area contributed by atoms with Crippen molar-refractivity contribution < 1.29 is 9.18 Å². The minimum Gasteiger partial charge on any atom is -0.345 e. The highest BCUT2D eigenvalue weighted by Crippen LogP contribution is 2.16. The third kappa shape index (κ3) is 3.76. The topological polar surface area (TPSA) is 59.8 Å². The number of hydrogen-bond donors (Lipinski definition) is 1. The lowest BCUT2D eigenvalue weighted by Crippen LogP contribution is -2.25. The van der Waals surface area contributed by atoms with Gasteiger partial charge in [0.2, 0.25) is 0 Å². The van der Waals surface area contributed by atoms with Gasteiger partial charge in [-0.1, -0.05) is 29.8 Å². The number of amides is 1. The molecule has 5 nitrogen and oxygen atoms in total. The summed E-state index contributed by atoms with van der Waals surface area (Å²) in [4.78, 5) is 21.5. The summed E-state index contributed by atoms with van der Waals surface area (Å²) in [5, 5.41) is 2.93. The molecule has 1 N–H and O–H groups in total. The van der Waals surface area contributed by atoms with Crippen molar-refractivity contribution in [2.24, 2.45) is 0 Å². The van der Waals surface area contributed by atoms with Gasteiger partial charge < -0.3 is 9.88 Å². The molecule has 0 saturated carbocycles. The lowest BCUT2D eigenvalue weighted by atomic mass is 10.1. The van der Waals surface area contributed by atoms with Gasteiger partial charge in [-0.15, -0.1) is 0 Å². The van der Waals surface area contributed by atoms with Crippen LogP contribution in [-0.4, -0.2) is 20.4 Å². The second kappa shape index (κ2) is 7.60. The van der Waals surface area contributed by atoms with Crippen LogP contribution in [0.3, 0.4) is 0 Å². The first-order valence-electron chi connectivity index (χ1n) is 8.99. The Labute approximate surface area is 161 Å². The molecule has 1 amide bonds. The number of carbonyl (C=O) groups excluding carboxylic acids is 1. The first kappa shape index (κ1) is 17.9. The Kier molecular flexibility index (Phi) is 4.85. The zero-order valence-electron chi connectivity index (χ0n) is 15.4. The maximum atomic E-state index is 13.2. The molecule has 0 spiro atoms. The molecule has 2 heterocycles. The predicted octanol–water partition coefficient (Wildman–Crippen LogP) is 3.86. The molecule has 0 fully saturated rings. The quantitative estimate of drug-likeness (QED) is 0.577. The third-order valence-electron chi connectivity index (χ3n) is 4.52. The summed E-state index contributed by atoms with van der Waals surface area (Å²) in [5.74, 6) is 0.263. The molecule has 0 aliphatic heterocycles. The highest BCUT2D eigenvalue weighted by Gasteiger charge is 2.14. The van der Waals surface area contributed by atoms with Gasteiger partial charge in [-0.25, -0.2) is 14.4 Å². The van der Waals surface area contributed by atoms with Crippen molar-refractivity contribution in [3.8, 4) is 0 Å². The van der Waals surface area contributed by atoms with Crippen LogP contribution in [0.15, 0.2) is 66.9 Å². The van der Waals surface area contributed by atoms with Gasteiger partial charge in [0.1, 0.15) is 17.2 Å². The fourth-order valence-corrected chi connectivity index (χ4v) is 3.13. The molecule has 0 radical (unpaired) electrons. The van der Waals surface area contributed by atoms with Gasteiger partial charge in [0.05, 0.1) is 13.1 Å². The molecular formula is C22H19FN4O. The molecule has 28 heavy (non-hydrogen) atoms. The second-order valence-electron chi connectivity index (χ2n) is 6.64. The zero-order chi connectivity index (χ0) is 19.5. The van der Waals surface area contributed by atoms with Crippen molar-refractivity contribution in [3.63, 3.8) is 0 Å². The molecule has 0 bridgehead atoms. The van der Waals surface area contributed by atoms with E-state index < -0.39 is 0 Å². The maximum absolute atomic E-state index is 13.2. The molecule has 0 aliphatic carbocycles. The van der Waals surface area contributed by atoms with Crippen molar-refractivity contribution >= 4 is 17.1 Å². The van der Waals surface area contributed by atoms with Crippen molar-refractivity contribution in [2.75, 3.05) is 0 Å². The predicted molar refractivity (Wildman–Crippen MR) is 105 cm³/mol. The van der Waals surface area contributed by atoms with E-state index in [1.165, 1.54) is 12.1 Å². The SMILES string of the molecule is Cc1cccc(C(=O)NCc2nc3cccnc3n2Cc2ccc(F)cc2)c1. The van der Waals surface area contributed by atoms with E-state index in [2.05, 4.69) is 15.3 Å². The van der Waals surface area contributed by atoms with Gasteiger partial charge in [-0.3, -0.25) is 4.79 Å². The van der Waals surface area contributed by atoms with E-state index in [9.17, 15) is 9.18 Å².